The highest BCUT2D eigenvalue weighted by Crippen LogP contribution is 2.40. The summed E-state index contributed by atoms with van der Waals surface area (Å²) < 4.78 is 40.1. The Morgan fingerprint density at radius 1 is 1.00 bits per heavy atom. The summed E-state index contributed by atoms with van der Waals surface area (Å²) in [5.74, 6) is -2.73. The maximum Gasteiger partial charge on any atom is 0.311 e. The van der Waals surface area contributed by atoms with E-state index in [1.54, 1.807) is 52.9 Å². The highest BCUT2D eigenvalue weighted by molar-refractivity contribution is 7.09. The molecule has 0 aliphatic carbocycles. The Balaban J connectivity index is 1.45. The molecule has 5 heterocycles. The molecule has 0 unspecified atom stereocenters. The van der Waals surface area contributed by atoms with Crippen LogP contribution in [0.2, 0.25) is 0 Å². The average molecular weight is 955 g/mol. The molecular formula is C47H82N6O12S. The summed E-state index contributed by atoms with van der Waals surface area (Å²) in [4.78, 5) is 24.1. The van der Waals surface area contributed by atoms with Crippen LogP contribution < -0.4 is 0 Å². The molecule has 18 atom stereocenters. The molecule has 19 heteroatoms. The van der Waals surface area contributed by atoms with Crippen LogP contribution in [0.15, 0.2) is 11.7 Å². The highest BCUT2D eigenvalue weighted by Gasteiger charge is 2.53. The first-order valence-electron chi connectivity index (χ1n) is 23.9. The fourth-order valence-electron chi connectivity index (χ4n) is 10.5. The van der Waals surface area contributed by atoms with Gasteiger partial charge < -0.3 is 63.8 Å². The van der Waals surface area contributed by atoms with E-state index in [9.17, 15) is 30.3 Å². The van der Waals surface area contributed by atoms with Crippen LogP contribution in [0, 0.1) is 24.7 Å². The Labute approximate surface area is 396 Å². The van der Waals surface area contributed by atoms with E-state index in [-0.39, 0.29) is 37.3 Å². The van der Waals surface area contributed by atoms with E-state index < -0.39 is 96.0 Å². The van der Waals surface area contributed by atoms with Crippen LogP contribution in [-0.2, 0) is 52.6 Å². The first-order chi connectivity index (χ1) is 30.8. The van der Waals surface area contributed by atoms with Crippen molar-refractivity contribution in [2.24, 2.45) is 17.8 Å². The number of likely N-dealkylation sites (N-methyl/N-ethyl adjacent to an activating group) is 2. The number of cyclic esters (lactones) is 1. The Morgan fingerprint density at radius 3 is 2.33 bits per heavy atom. The van der Waals surface area contributed by atoms with Gasteiger partial charge >= 0.3 is 5.97 Å². The fourth-order valence-corrected chi connectivity index (χ4v) is 11.1. The number of aryl methyl sites for hydroxylation is 3. The topological polar surface area (TPSA) is 224 Å². The lowest BCUT2D eigenvalue weighted by Gasteiger charge is -2.49. The second-order valence-corrected chi connectivity index (χ2v) is 21.6. The van der Waals surface area contributed by atoms with Crippen molar-refractivity contribution in [1.29, 1.82) is 0 Å². The number of esters is 1. The molecule has 66 heavy (non-hydrogen) atoms. The van der Waals surface area contributed by atoms with Crippen molar-refractivity contribution < 1.29 is 58.7 Å². The lowest BCUT2D eigenvalue weighted by atomic mass is 9.77. The number of aromatic nitrogens is 4. The number of carbonyl (C=O) groups is 1. The first-order valence-corrected chi connectivity index (χ1v) is 24.8. The highest BCUT2D eigenvalue weighted by atomic mass is 32.1. The zero-order chi connectivity index (χ0) is 49.1. The van der Waals surface area contributed by atoms with Gasteiger partial charge in [-0.15, -0.1) is 16.4 Å². The minimum atomic E-state index is -1.83. The lowest BCUT2D eigenvalue weighted by Crippen LogP contribution is -2.61. The normalized spacial score (nSPS) is 41.6. The number of aliphatic hydroxyl groups excluding tert-OH is 3. The molecule has 5 rings (SSSR count). The van der Waals surface area contributed by atoms with Crippen molar-refractivity contribution >= 4 is 17.3 Å². The van der Waals surface area contributed by atoms with Crippen LogP contribution in [-0.4, -0.2) is 186 Å². The smallest absolute Gasteiger partial charge is 0.311 e. The molecule has 3 aliphatic rings. The van der Waals surface area contributed by atoms with Crippen molar-refractivity contribution in [2.75, 3.05) is 34.3 Å². The Kier molecular flexibility index (Phi) is 18.8. The SMILES string of the molecule is CC[C@H]1OC(=O)[C@H](C)[C@@H](O[C@H]2C[C@@](C)(OC)[C@@H](O)[C@H](C)O2)[C@H](C)[C@@H](O[C@@H]2O[C@H](C)C[C@H](N(C)CCc3cn(CCc4ncsc4C)nn3)[C@H]2O)[C@](C)(O)C[C@@H](C)CN(C)[C@H](C)[C@@H](O)[C@]1(C)O. The molecule has 378 valence electrons. The van der Waals surface area contributed by atoms with Crippen LogP contribution >= 0.6 is 11.3 Å². The predicted octanol–water partition coefficient (Wildman–Crippen LogP) is 3.11. The molecule has 5 N–H and O–H groups in total. The molecule has 3 saturated heterocycles. The van der Waals surface area contributed by atoms with Gasteiger partial charge in [0.1, 0.15) is 30.0 Å². The summed E-state index contributed by atoms with van der Waals surface area (Å²) >= 11 is 1.63. The van der Waals surface area contributed by atoms with Crippen LogP contribution in [0.4, 0.5) is 0 Å². The minimum absolute atomic E-state index is 0.111. The van der Waals surface area contributed by atoms with E-state index in [0.29, 0.717) is 32.5 Å². The van der Waals surface area contributed by atoms with Gasteiger partial charge in [0.15, 0.2) is 12.6 Å². The second kappa shape index (κ2) is 22.7. The van der Waals surface area contributed by atoms with Gasteiger partial charge in [0.2, 0.25) is 0 Å². The number of rotatable bonds is 13. The number of hydrogen-bond donors (Lipinski definition) is 5. The zero-order valence-electron chi connectivity index (χ0n) is 41.9. The standard InChI is InChI=1S/C47H82N6O12S/c1-15-36-47(11,59)40(55)30(6)52(13)23-26(2)21-45(9,58)42(28(4)39(29(5)43(57)63-36)64-37-22-46(10,60-14)41(56)31(7)62-37)65-44-38(54)35(20-27(3)61-44)51(12)18-16-33-24-53(50-49-33)19-17-34-32(8)66-25-48-34/h24-31,35-42,44,54-56,58-59H,15-23H2,1-14H3/t26-,27-,28+,29-,30-,31+,35+,36-,37+,38-,39+,40-,41+,42-,44+,45-,46-,47-/m1/s1. The molecule has 18 nitrogen and oxygen atoms in total. The van der Waals surface area contributed by atoms with Crippen LogP contribution in [0.1, 0.15) is 111 Å². The van der Waals surface area contributed by atoms with Gasteiger partial charge in [-0.25, -0.2) is 4.98 Å². The predicted molar refractivity (Wildman–Crippen MR) is 247 cm³/mol. The van der Waals surface area contributed by atoms with Crippen molar-refractivity contribution in [2.45, 2.75) is 212 Å². The molecule has 0 radical (unpaired) electrons. The van der Waals surface area contributed by atoms with Crippen LogP contribution in [0.3, 0.4) is 0 Å². The van der Waals surface area contributed by atoms with Gasteiger partial charge in [0, 0.05) is 75.1 Å². The third-order valence-electron chi connectivity index (χ3n) is 14.8. The molecule has 2 aromatic rings. The van der Waals surface area contributed by atoms with Gasteiger partial charge in [-0.2, -0.15) is 0 Å². The summed E-state index contributed by atoms with van der Waals surface area (Å²) in [5.41, 5.74) is -0.748. The summed E-state index contributed by atoms with van der Waals surface area (Å²) in [6, 6.07) is -0.952. The molecule has 2 aromatic heterocycles. The Hall–Kier alpha value is -2.24. The number of methoxy groups -OCH3 is 1. The van der Waals surface area contributed by atoms with E-state index in [0.717, 1.165) is 17.8 Å². The maximum absolute atomic E-state index is 14.4. The van der Waals surface area contributed by atoms with E-state index in [4.69, 9.17) is 28.4 Å². The Morgan fingerprint density at radius 2 is 1.70 bits per heavy atom. The molecule has 0 spiro atoms. The van der Waals surface area contributed by atoms with Gasteiger partial charge in [0.05, 0.1) is 58.4 Å². The number of hydrogen-bond acceptors (Lipinski definition) is 18. The maximum atomic E-state index is 14.4. The molecular weight excluding hydrogens is 873 g/mol. The first kappa shape index (κ1) is 54.7. The van der Waals surface area contributed by atoms with Gasteiger partial charge in [-0.05, 0) is 94.7 Å². The zero-order valence-corrected chi connectivity index (χ0v) is 42.7. The molecule has 0 amide bonds. The van der Waals surface area contributed by atoms with Crippen molar-refractivity contribution in [1.82, 2.24) is 29.8 Å². The average Bonchev–Trinajstić information content (AvgIpc) is 3.90. The van der Waals surface area contributed by atoms with E-state index in [1.165, 1.54) is 18.9 Å². The van der Waals surface area contributed by atoms with E-state index >= 15 is 0 Å². The van der Waals surface area contributed by atoms with Crippen molar-refractivity contribution in [3.63, 3.8) is 0 Å². The summed E-state index contributed by atoms with van der Waals surface area (Å²) in [7, 11) is 5.30. The quantitative estimate of drug-likeness (QED) is 0.182. The summed E-state index contributed by atoms with van der Waals surface area (Å²) in [6.07, 6.45) is -5.53. The molecule has 0 bridgehead atoms. The number of aliphatic hydroxyl groups is 5. The molecule has 0 aromatic carbocycles. The third kappa shape index (κ3) is 12.7. The Bertz CT molecular complexity index is 1840. The van der Waals surface area contributed by atoms with Crippen molar-refractivity contribution in [3.8, 4) is 0 Å². The summed E-state index contributed by atoms with van der Waals surface area (Å²) in [6.45, 7) is 21.4. The van der Waals surface area contributed by atoms with E-state index in [2.05, 4.69) is 27.1 Å². The van der Waals surface area contributed by atoms with Crippen molar-refractivity contribution in [3.05, 3.63) is 28.0 Å². The molecule has 3 fully saturated rings. The lowest BCUT2D eigenvalue weighted by molar-refractivity contribution is -0.318. The second-order valence-electron chi connectivity index (χ2n) is 20.5. The van der Waals surface area contributed by atoms with Crippen LogP contribution in [0.25, 0.3) is 0 Å². The number of ether oxygens (including phenoxy) is 6. The fraction of sp³-hybridized carbons (Fsp3) is 0.872. The van der Waals surface area contributed by atoms with Gasteiger partial charge in [-0.3, -0.25) is 9.48 Å². The monoisotopic (exact) mass is 955 g/mol. The molecule has 3 aliphatic heterocycles. The van der Waals surface area contributed by atoms with Crippen LogP contribution in [0.5, 0.6) is 0 Å². The number of carbonyl (C=O) groups excluding carboxylic acids is 1. The largest absolute Gasteiger partial charge is 0.459 e. The minimum Gasteiger partial charge on any atom is -0.459 e. The van der Waals surface area contributed by atoms with Gasteiger partial charge in [-0.1, -0.05) is 26.0 Å². The molecule has 0 saturated carbocycles. The number of nitrogens with zero attached hydrogens (tertiary/aromatic N) is 6. The van der Waals surface area contributed by atoms with Gasteiger partial charge in [0.25, 0.3) is 0 Å². The van der Waals surface area contributed by atoms with E-state index in [1.807, 2.05) is 56.2 Å². The summed E-state index contributed by atoms with van der Waals surface area (Å²) in [5, 5.41) is 68.3. The number of thiazole rings is 1. The third-order valence-corrected chi connectivity index (χ3v) is 15.6.